The van der Waals surface area contributed by atoms with Crippen LogP contribution < -0.4 is 10.1 Å². The Morgan fingerprint density at radius 3 is 2.50 bits per heavy atom. The highest BCUT2D eigenvalue weighted by Gasteiger charge is 2.32. The van der Waals surface area contributed by atoms with Gasteiger partial charge in [-0.2, -0.15) is 0 Å². The number of benzene rings is 2. The average Bonchev–Trinajstić information content (AvgIpc) is 2.79. The molecule has 1 N–H and O–H groups in total. The number of ether oxygens (including phenoxy) is 1. The van der Waals surface area contributed by atoms with Crippen molar-refractivity contribution >= 4 is 23.4 Å². The molecule has 2 aromatic carbocycles. The second-order valence-electron chi connectivity index (χ2n) is 5.54. The van der Waals surface area contributed by atoms with Crippen molar-refractivity contribution in [2.24, 2.45) is 0 Å². The van der Waals surface area contributed by atoms with E-state index in [1.54, 1.807) is 24.3 Å². The Morgan fingerprint density at radius 2 is 1.79 bits per heavy atom. The lowest BCUT2D eigenvalue weighted by Gasteiger charge is -2.11. The lowest BCUT2D eigenvalue weighted by atomic mass is 10.1. The number of para-hydroxylation sites is 1. The SMILES string of the molecule is COc1c(C)cccc1C(=O)Nc1ccc2c(c1)C(=O)N(C)C2=O. The molecule has 1 aliphatic rings. The van der Waals surface area contributed by atoms with Crippen LogP contribution in [-0.2, 0) is 0 Å². The Balaban J connectivity index is 1.91. The maximum absolute atomic E-state index is 12.5. The number of nitrogens with one attached hydrogen (secondary N) is 1. The third-order valence-electron chi connectivity index (χ3n) is 4.01. The second-order valence-corrected chi connectivity index (χ2v) is 5.54. The molecule has 0 atom stereocenters. The molecule has 0 saturated heterocycles. The van der Waals surface area contributed by atoms with Crippen LogP contribution in [0.3, 0.4) is 0 Å². The van der Waals surface area contributed by atoms with Crippen LogP contribution in [-0.4, -0.2) is 36.8 Å². The number of rotatable bonds is 3. The van der Waals surface area contributed by atoms with Gasteiger partial charge in [0, 0.05) is 12.7 Å². The molecule has 0 saturated carbocycles. The molecule has 0 bridgehead atoms. The average molecular weight is 324 g/mol. The summed E-state index contributed by atoms with van der Waals surface area (Å²) in [5.41, 5.74) is 2.32. The molecule has 122 valence electrons. The maximum Gasteiger partial charge on any atom is 0.261 e. The first-order valence-corrected chi connectivity index (χ1v) is 7.35. The van der Waals surface area contributed by atoms with Gasteiger partial charge in [0.2, 0.25) is 0 Å². The third-order valence-corrected chi connectivity index (χ3v) is 4.01. The van der Waals surface area contributed by atoms with Crippen LogP contribution in [0, 0.1) is 6.92 Å². The van der Waals surface area contributed by atoms with E-state index < -0.39 is 0 Å². The number of aryl methyl sites for hydroxylation is 1. The molecule has 1 heterocycles. The van der Waals surface area contributed by atoms with Crippen LogP contribution in [0.4, 0.5) is 5.69 Å². The van der Waals surface area contributed by atoms with Gasteiger partial charge in [0.25, 0.3) is 17.7 Å². The van der Waals surface area contributed by atoms with Crippen molar-refractivity contribution in [3.05, 3.63) is 58.7 Å². The number of hydrogen-bond acceptors (Lipinski definition) is 4. The molecule has 24 heavy (non-hydrogen) atoms. The highest BCUT2D eigenvalue weighted by molar-refractivity contribution is 6.21. The van der Waals surface area contributed by atoms with E-state index in [1.807, 2.05) is 13.0 Å². The standard InChI is InChI=1S/C18H16N2O4/c1-10-5-4-6-13(15(10)24-3)16(21)19-11-7-8-12-14(9-11)18(23)20(2)17(12)22/h4-9H,1-3H3,(H,19,21). The number of methoxy groups -OCH3 is 1. The first-order valence-electron chi connectivity index (χ1n) is 7.35. The molecule has 0 aliphatic carbocycles. The smallest absolute Gasteiger partial charge is 0.261 e. The van der Waals surface area contributed by atoms with E-state index in [1.165, 1.54) is 20.2 Å². The fourth-order valence-corrected chi connectivity index (χ4v) is 2.74. The highest BCUT2D eigenvalue weighted by atomic mass is 16.5. The molecule has 6 heteroatoms. The summed E-state index contributed by atoms with van der Waals surface area (Å²) in [6.45, 7) is 1.85. The molecule has 0 spiro atoms. The molecule has 0 fully saturated rings. The normalized spacial score (nSPS) is 13.0. The van der Waals surface area contributed by atoms with Gasteiger partial charge in [-0.05, 0) is 36.8 Å². The van der Waals surface area contributed by atoms with Crippen molar-refractivity contribution < 1.29 is 19.1 Å². The van der Waals surface area contributed by atoms with Crippen LogP contribution in [0.2, 0.25) is 0 Å². The summed E-state index contributed by atoms with van der Waals surface area (Å²) in [7, 11) is 2.94. The quantitative estimate of drug-likeness (QED) is 0.880. The Labute approximate surface area is 139 Å². The molecule has 0 unspecified atom stereocenters. The molecule has 0 aromatic heterocycles. The zero-order chi connectivity index (χ0) is 17.4. The van der Waals surface area contributed by atoms with E-state index >= 15 is 0 Å². The Hall–Kier alpha value is -3.15. The van der Waals surface area contributed by atoms with Gasteiger partial charge in [-0.3, -0.25) is 19.3 Å². The van der Waals surface area contributed by atoms with E-state index in [4.69, 9.17) is 4.74 Å². The van der Waals surface area contributed by atoms with Gasteiger partial charge in [0.15, 0.2) is 0 Å². The number of anilines is 1. The van der Waals surface area contributed by atoms with Crippen molar-refractivity contribution in [1.82, 2.24) is 4.90 Å². The van der Waals surface area contributed by atoms with Crippen molar-refractivity contribution in [3.8, 4) is 5.75 Å². The molecular weight excluding hydrogens is 308 g/mol. The molecule has 1 aliphatic heterocycles. The van der Waals surface area contributed by atoms with Crippen molar-refractivity contribution in [3.63, 3.8) is 0 Å². The molecule has 2 aromatic rings. The van der Waals surface area contributed by atoms with Crippen molar-refractivity contribution in [1.29, 1.82) is 0 Å². The third kappa shape index (κ3) is 2.42. The molecule has 0 radical (unpaired) electrons. The zero-order valence-corrected chi connectivity index (χ0v) is 13.5. The number of carbonyl (C=O) groups excluding carboxylic acids is 3. The van der Waals surface area contributed by atoms with E-state index in [2.05, 4.69) is 5.32 Å². The van der Waals surface area contributed by atoms with Gasteiger partial charge in [-0.1, -0.05) is 12.1 Å². The Morgan fingerprint density at radius 1 is 1.08 bits per heavy atom. The number of imide groups is 1. The van der Waals surface area contributed by atoms with Gasteiger partial charge in [-0.15, -0.1) is 0 Å². The van der Waals surface area contributed by atoms with Crippen molar-refractivity contribution in [2.45, 2.75) is 6.92 Å². The van der Waals surface area contributed by atoms with E-state index in [-0.39, 0.29) is 23.3 Å². The summed E-state index contributed by atoms with van der Waals surface area (Å²) >= 11 is 0. The number of fused-ring (bicyclic) bond motifs is 1. The number of hydrogen-bond donors (Lipinski definition) is 1. The number of amides is 3. The van der Waals surface area contributed by atoms with Gasteiger partial charge in [-0.25, -0.2) is 0 Å². The lowest BCUT2D eigenvalue weighted by Crippen LogP contribution is -2.24. The fraction of sp³-hybridized carbons (Fsp3) is 0.167. The number of carbonyl (C=O) groups is 3. The highest BCUT2D eigenvalue weighted by Crippen LogP contribution is 2.27. The molecule has 3 rings (SSSR count). The van der Waals surface area contributed by atoms with Crippen LogP contribution >= 0.6 is 0 Å². The van der Waals surface area contributed by atoms with E-state index in [0.29, 0.717) is 22.6 Å². The first-order chi connectivity index (χ1) is 11.4. The summed E-state index contributed by atoms with van der Waals surface area (Å²) in [4.78, 5) is 37.5. The van der Waals surface area contributed by atoms with Gasteiger partial charge < -0.3 is 10.1 Å². The Kier molecular flexibility index (Phi) is 3.81. The Bertz CT molecular complexity index is 873. The van der Waals surface area contributed by atoms with Gasteiger partial charge >= 0.3 is 0 Å². The summed E-state index contributed by atoms with van der Waals surface area (Å²) in [6, 6.07) is 9.94. The molecular formula is C18H16N2O4. The molecule has 3 amide bonds. The minimum atomic E-state index is -0.376. The maximum atomic E-state index is 12.5. The van der Waals surface area contributed by atoms with Gasteiger partial charge in [0.05, 0.1) is 23.8 Å². The minimum Gasteiger partial charge on any atom is -0.496 e. The predicted molar refractivity (Wildman–Crippen MR) is 88.6 cm³/mol. The predicted octanol–water partition coefficient (Wildman–Crippen LogP) is 2.48. The number of nitrogens with zero attached hydrogens (tertiary/aromatic N) is 1. The summed E-state index contributed by atoms with van der Waals surface area (Å²) in [6.07, 6.45) is 0. The first kappa shape index (κ1) is 15.7. The topological polar surface area (TPSA) is 75.7 Å². The molecule has 6 nitrogen and oxygen atoms in total. The van der Waals surface area contributed by atoms with Crippen LogP contribution in [0.25, 0.3) is 0 Å². The van der Waals surface area contributed by atoms with Crippen molar-refractivity contribution in [2.75, 3.05) is 19.5 Å². The van der Waals surface area contributed by atoms with Gasteiger partial charge in [0.1, 0.15) is 5.75 Å². The van der Waals surface area contributed by atoms with E-state index in [9.17, 15) is 14.4 Å². The summed E-state index contributed by atoms with van der Waals surface area (Å²) in [5, 5.41) is 2.74. The largest absolute Gasteiger partial charge is 0.496 e. The summed E-state index contributed by atoms with van der Waals surface area (Å²) < 4.78 is 5.29. The zero-order valence-electron chi connectivity index (χ0n) is 13.5. The lowest BCUT2D eigenvalue weighted by molar-refractivity contribution is 0.0692. The fourth-order valence-electron chi connectivity index (χ4n) is 2.74. The van der Waals surface area contributed by atoms with Crippen LogP contribution in [0.5, 0.6) is 5.75 Å². The second kappa shape index (κ2) is 5.81. The minimum absolute atomic E-state index is 0.288. The van der Waals surface area contributed by atoms with Crippen LogP contribution in [0.1, 0.15) is 36.6 Å². The summed E-state index contributed by atoms with van der Waals surface area (Å²) in [5.74, 6) is -0.560. The van der Waals surface area contributed by atoms with Crippen LogP contribution in [0.15, 0.2) is 36.4 Å². The van der Waals surface area contributed by atoms with E-state index in [0.717, 1.165) is 10.5 Å². The monoisotopic (exact) mass is 324 g/mol.